The van der Waals surface area contributed by atoms with Crippen LogP contribution in [0.5, 0.6) is 0 Å². The van der Waals surface area contributed by atoms with Crippen molar-refractivity contribution >= 4 is 29.0 Å². The van der Waals surface area contributed by atoms with Gasteiger partial charge in [0.1, 0.15) is 0 Å². The van der Waals surface area contributed by atoms with Crippen LogP contribution in [0.4, 0.5) is 0 Å². The number of aromatic nitrogens is 2. The SMILES string of the molecule is COC(=O)CCCNC(=O)/C=C/c1cnc2ccccc2n1. The third-order valence-electron chi connectivity index (χ3n) is 2.96. The van der Waals surface area contributed by atoms with E-state index in [1.165, 1.54) is 13.2 Å². The van der Waals surface area contributed by atoms with Gasteiger partial charge < -0.3 is 10.1 Å². The number of rotatable bonds is 6. The Hall–Kier alpha value is -2.76. The first-order valence-corrected chi connectivity index (χ1v) is 6.93. The van der Waals surface area contributed by atoms with Crippen molar-refractivity contribution in [2.75, 3.05) is 13.7 Å². The van der Waals surface area contributed by atoms with Crippen LogP contribution in [0.1, 0.15) is 18.5 Å². The van der Waals surface area contributed by atoms with Gasteiger partial charge >= 0.3 is 5.97 Å². The van der Waals surface area contributed by atoms with Crippen LogP contribution in [0.3, 0.4) is 0 Å². The van der Waals surface area contributed by atoms with Crippen LogP contribution in [0.2, 0.25) is 0 Å². The van der Waals surface area contributed by atoms with Crippen LogP contribution in [-0.2, 0) is 14.3 Å². The van der Waals surface area contributed by atoms with Crippen molar-refractivity contribution in [2.45, 2.75) is 12.8 Å². The van der Waals surface area contributed by atoms with Gasteiger partial charge in [0.05, 0.1) is 30.0 Å². The molecule has 1 N–H and O–H groups in total. The van der Waals surface area contributed by atoms with Gasteiger partial charge in [-0.2, -0.15) is 0 Å². The molecule has 0 unspecified atom stereocenters. The molecule has 0 bridgehead atoms. The summed E-state index contributed by atoms with van der Waals surface area (Å²) in [6.45, 7) is 0.418. The van der Waals surface area contributed by atoms with E-state index in [9.17, 15) is 9.59 Å². The molecule has 1 heterocycles. The maximum atomic E-state index is 11.6. The number of methoxy groups -OCH3 is 1. The Kier molecular flexibility index (Phi) is 5.59. The third-order valence-corrected chi connectivity index (χ3v) is 2.96. The average Bonchev–Trinajstić information content (AvgIpc) is 2.56. The van der Waals surface area contributed by atoms with Gasteiger partial charge in [-0.05, 0) is 24.6 Å². The smallest absolute Gasteiger partial charge is 0.305 e. The van der Waals surface area contributed by atoms with Crippen LogP contribution >= 0.6 is 0 Å². The summed E-state index contributed by atoms with van der Waals surface area (Å²) in [6, 6.07) is 7.53. The number of carbonyl (C=O) groups is 2. The van der Waals surface area contributed by atoms with Crippen LogP contribution < -0.4 is 5.32 Å². The number of benzene rings is 1. The van der Waals surface area contributed by atoms with Crippen LogP contribution in [0.15, 0.2) is 36.5 Å². The van der Waals surface area contributed by atoms with E-state index in [1.54, 1.807) is 12.3 Å². The minimum absolute atomic E-state index is 0.236. The van der Waals surface area contributed by atoms with E-state index < -0.39 is 0 Å². The van der Waals surface area contributed by atoms with Crippen molar-refractivity contribution in [2.24, 2.45) is 0 Å². The zero-order chi connectivity index (χ0) is 15.8. The van der Waals surface area contributed by atoms with Gasteiger partial charge in [0.25, 0.3) is 0 Å². The highest BCUT2D eigenvalue weighted by molar-refractivity contribution is 5.91. The number of fused-ring (bicyclic) bond motifs is 1. The quantitative estimate of drug-likeness (QED) is 0.499. The molecule has 0 saturated carbocycles. The van der Waals surface area contributed by atoms with E-state index in [0.717, 1.165) is 11.0 Å². The molecule has 0 saturated heterocycles. The molecule has 22 heavy (non-hydrogen) atoms. The summed E-state index contributed by atoms with van der Waals surface area (Å²) >= 11 is 0. The molecule has 1 aromatic carbocycles. The normalized spacial score (nSPS) is 10.8. The number of nitrogens with zero attached hydrogens (tertiary/aromatic N) is 2. The molecule has 0 aliphatic rings. The monoisotopic (exact) mass is 299 g/mol. The standard InChI is InChI=1S/C16H17N3O3/c1-22-16(21)7-4-10-17-15(20)9-8-12-11-18-13-5-2-3-6-14(13)19-12/h2-3,5-6,8-9,11H,4,7,10H2,1H3,(H,17,20)/b9-8+. The predicted octanol–water partition coefficient (Wildman–Crippen LogP) is 1.71. The average molecular weight is 299 g/mol. The number of carbonyl (C=O) groups excluding carboxylic acids is 2. The van der Waals surface area contributed by atoms with Gasteiger partial charge in [-0.25, -0.2) is 4.98 Å². The summed E-state index contributed by atoms with van der Waals surface area (Å²) in [5, 5.41) is 2.69. The molecular weight excluding hydrogens is 282 g/mol. The van der Waals surface area contributed by atoms with Gasteiger partial charge in [0.15, 0.2) is 0 Å². The fraction of sp³-hybridized carbons (Fsp3) is 0.250. The maximum Gasteiger partial charge on any atom is 0.305 e. The van der Waals surface area contributed by atoms with Crippen molar-refractivity contribution < 1.29 is 14.3 Å². The van der Waals surface area contributed by atoms with Crippen molar-refractivity contribution in [3.05, 3.63) is 42.2 Å². The number of hydrogen-bond acceptors (Lipinski definition) is 5. The number of nitrogens with one attached hydrogen (secondary N) is 1. The second-order valence-electron chi connectivity index (χ2n) is 4.59. The lowest BCUT2D eigenvalue weighted by atomic mass is 10.3. The second-order valence-corrected chi connectivity index (χ2v) is 4.59. The Balaban J connectivity index is 1.84. The molecule has 0 spiro atoms. The Morgan fingerprint density at radius 1 is 1.27 bits per heavy atom. The summed E-state index contributed by atoms with van der Waals surface area (Å²) < 4.78 is 4.52. The molecule has 6 heteroatoms. The van der Waals surface area contributed by atoms with Crippen molar-refractivity contribution in [1.82, 2.24) is 15.3 Å². The fourth-order valence-corrected chi connectivity index (χ4v) is 1.82. The zero-order valence-corrected chi connectivity index (χ0v) is 12.3. The van der Waals surface area contributed by atoms with Crippen molar-refractivity contribution in [3.8, 4) is 0 Å². The lowest BCUT2D eigenvalue weighted by Gasteiger charge is -2.01. The van der Waals surface area contributed by atoms with E-state index >= 15 is 0 Å². The van der Waals surface area contributed by atoms with Gasteiger partial charge in [-0.1, -0.05) is 12.1 Å². The fourth-order valence-electron chi connectivity index (χ4n) is 1.82. The Labute approximate surface area is 128 Å². The van der Waals surface area contributed by atoms with Crippen LogP contribution in [0, 0.1) is 0 Å². The molecular formula is C16H17N3O3. The number of amides is 1. The van der Waals surface area contributed by atoms with E-state index in [4.69, 9.17) is 0 Å². The summed E-state index contributed by atoms with van der Waals surface area (Å²) in [7, 11) is 1.34. The number of ether oxygens (including phenoxy) is 1. The number of para-hydroxylation sites is 2. The lowest BCUT2D eigenvalue weighted by molar-refractivity contribution is -0.140. The number of esters is 1. The molecule has 0 atom stereocenters. The number of hydrogen-bond donors (Lipinski definition) is 1. The van der Waals surface area contributed by atoms with Crippen LogP contribution in [0.25, 0.3) is 17.1 Å². The highest BCUT2D eigenvalue weighted by atomic mass is 16.5. The topological polar surface area (TPSA) is 81.2 Å². The molecule has 114 valence electrons. The predicted molar refractivity (Wildman–Crippen MR) is 82.8 cm³/mol. The van der Waals surface area contributed by atoms with Gasteiger partial charge in [0.2, 0.25) is 5.91 Å². The van der Waals surface area contributed by atoms with Crippen LogP contribution in [-0.4, -0.2) is 35.5 Å². The summed E-state index contributed by atoms with van der Waals surface area (Å²) in [5.41, 5.74) is 2.21. The van der Waals surface area contributed by atoms with E-state index in [1.807, 2.05) is 24.3 Å². The lowest BCUT2D eigenvalue weighted by Crippen LogP contribution is -2.22. The molecule has 0 fully saturated rings. The molecule has 1 amide bonds. The van der Waals surface area contributed by atoms with E-state index in [2.05, 4.69) is 20.0 Å². The molecule has 2 rings (SSSR count). The first kappa shape index (κ1) is 15.6. The largest absolute Gasteiger partial charge is 0.469 e. The Morgan fingerprint density at radius 2 is 2.05 bits per heavy atom. The molecule has 0 aliphatic heterocycles. The third kappa shape index (κ3) is 4.66. The Bertz CT molecular complexity index is 698. The van der Waals surface area contributed by atoms with Crippen molar-refractivity contribution in [3.63, 3.8) is 0 Å². The van der Waals surface area contributed by atoms with Gasteiger partial charge in [-0.3, -0.25) is 14.6 Å². The van der Waals surface area contributed by atoms with Gasteiger partial charge in [-0.15, -0.1) is 0 Å². The first-order valence-electron chi connectivity index (χ1n) is 6.93. The van der Waals surface area contributed by atoms with E-state index in [0.29, 0.717) is 18.7 Å². The molecule has 6 nitrogen and oxygen atoms in total. The van der Waals surface area contributed by atoms with Gasteiger partial charge in [0, 0.05) is 19.0 Å². The molecule has 0 aliphatic carbocycles. The summed E-state index contributed by atoms with van der Waals surface area (Å²) in [5.74, 6) is -0.518. The minimum atomic E-state index is -0.281. The zero-order valence-electron chi connectivity index (χ0n) is 12.3. The van der Waals surface area contributed by atoms with Crippen molar-refractivity contribution in [1.29, 1.82) is 0 Å². The Morgan fingerprint density at radius 3 is 2.82 bits per heavy atom. The summed E-state index contributed by atoms with van der Waals surface area (Å²) in [6.07, 6.45) is 5.45. The summed E-state index contributed by atoms with van der Waals surface area (Å²) in [4.78, 5) is 31.2. The highest BCUT2D eigenvalue weighted by Crippen LogP contribution is 2.09. The first-order chi connectivity index (χ1) is 10.7. The maximum absolute atomic E-state index is 11.6. The highest BCUT2D eigenvalue weighted by Gasteiger charge is 2.01. The molecule has 1 aromatic heterocycles. The van der Waals surface area contributed by atoms with E-state index in [-0.39, 0.29) is 18.3 Å². The minimum Gasteiger partial charge on any atom is -0.469 e. The molecule has 0 radical (unpaired) electrons. The second kappa shape index (κ2) is 7.87. The molecule has 2 aromatic rings.